The van der Waals surface area contributed by atoms with Crippen molar-refractivity contribution in [2.24, 2.45) is 18.9 Å². The van der Waals surface area contributed by atoms with Crippen molar-refractivity contribution < 1.29 is 19.4 Å². The monoisotopic (exact) mass is 538 g/mol. The second-order valence-electron chi connectivity index (χ2n) is 9.32. The molecule has 11 nitrogen and oxygen atoms in total. The first-order chi connectivity index (χ1) is 18.1. The van der Waals surface area contributed by atoms with Gasteiger partial charge in [-0.3, -0.25) is 14.4 Å². The number of carbonyl (C=O) groups excluding carboxylic acids is 1. The zero-order valence-electron chi connectivity index (χ0n) is 21.1. The van der Waals surface area contributed by atoms with Crippen LogP contribution < -0.4 is 25.8 Å². The molecule has 3 aromatic rings. The van der Waals surface area contributed by atoms with Crippen LogP contribution in [0.2, 0.25) is 5.02 Å². The number of piperidine rings is 1. The van der Waals surface area contributed by atoms with E-state index >= 15 is 0 Å². The molecule has 2 atom stereocenters. The van der Waals surface area contributed by atoms with E-state index in [1.165, 1.54) is 17.7 Å². The molecule has 1 aromatic carbocycles. The number of rotatable bonds is 7. The Kier molecular flexibility index (Phi) is 7.73. The second-order valence-corrected chi connectivity index (χ2v) is 9.72. The van der Waals surface area contributed by atoms with E-state index in [0.717, 1.165) is 0 Å². The number of amides is 1. The van der Waals surface area contributed by atoms with E-state index in [1.807, 2.05) is 11.8 Å². The van der Waals surface area contributed by atoms with Gasteiger partial charge in [-0.25, -0.2) is 4.98 Å². The quantitative estimate of drug-likeness (QED) is 0.412. The fourth-order valence-electron chi connectivity index (χ4n) is 4.58. The molecular weight excluding hydrogens is 512 g/mol. The van der Waals surface area contributed by atoms with E-state index in [9.17, 15) is 24.8 Å². The molecule has 1 fully saturated rings. The Morgan fingerprint density at radius 2 is 2.05 bits per heavy atom. The summed E-state index contributed by atoms with van der Waals surface area (Å²) >= 11 is 6.46. The third-order valence-corrected chi connectivity index (χ3v) is 6.76. The Balaban J connectivity index is 1.68. The molecule has 0 bridgehead atoms. The molecule has 0 saturated carbocycles. The number of hydrogen-bond donors (Lipinski definition) is 3. The SMILES string of the molecule is CNC(=O)COc1cc2cc(Nc3nc(N4C[C@@H](C)C[C@@H](C(=O)O)C4)c(C#N)cc3Cl)ccc2n(C)c1=O. The van der Waals surface area contributed by atoms with Crippen LogP contribution in [0.25, 0.3) is 10.9 Å². The lowest BCUT2D eigenvalue weighted by Crippen LogP contribution is -2.43. The van der Waals surface area contributed by atoms with Crippen molar-refractivity contribution in [1.82, 2.24) is 14.9 Å². The number of likely N-dealkylation sites (N-methyl/N-ethyl adjacent to an activating group) is 1. The number of carboxylic acid groups (broad SMARTS) is 1. The average molecular weight is 539 g/mol. The van der Waals surface area contributed by atoms with Gasteiger partial charge >= 0.3 is 5.97 Å². The summed E-state index contributed by atoms with van der Waals surface area (Å²) < 4.78 is 6.85. The number of carbonyl (C=O) groups is 2. The summed E-state index contributed by atoms with van der Waals surface area (Å²) in [5.41, 5.74) is 1.13. The normalized spacial score (nSPS) is 17.1. The van der Waals surface area contributed by atoms with Crippen LogP contribution in [0, 0.1) is 23.2 Å². The minimum Gasteiger partial charge on any atom is -0.481 e. The highest BCUT2D eigenvalue weighted by atomic mass is 35.5. The van der Waals surface area contributed by atoms with E-state index in [-0.39, 0.29) is 46.9 Å². The fraction of sp³-hybridized carbons (Fsp3) is 0.346. The van der Waals surface area contributed by atoms with Crippen molar-refractivity contribution in [3.63, 3.8) is 0 Å². The van der Waals surface area contributed by atoms with Crippen LogP contribution in [0.3, 0.4) is 0 Å². The van der Waals surface area contributed by atoms with Gasteiger partial charge in [-0.1, -0.05) is 18.5 Å². The van der Waals surface area contributed by atoms with E-state index in [4.69, 9.17) is 16.3 Å². The molecule has 3 heterocycles. The van der Waals surface area contributed by atoms with E-state index in [1.54, 1.807) is 31.3 Å². The minimum atomic E-state index is -0.878. The van der Waals surface area contributed by atoms with Crippen LogP contribution in [-0.2, 0) is 16.6 Å². The molecule has 3 N–H and O–H groups in total. The maximum absolute atomic E-state index is 12.6. The Bertz CT molecular complexity index is 1510. The highest BCUT2D eigenvalue weighted by Crippen LogP contribution is 2.34. The lowest BCUT2D eigenvalue weighted by Gasteiger charge is -2.36. The summed E-state index contributed by atoms with van der Waals surface area (Å²) in [6.07, 6.45) is 0.556. The van der Waals surface area contributed by atoms with Gasteiger partial charge in [-0.05, 0) is 42.7 Å². The number of nitrogens with one attached hydrogen (secondary N) is 2. The topological polar surface area (TPSA) is 150 Å². The number of carboxylic acids is 1. The number of benzene rings is 1. The zero-order chi connectivity index (χ0) is 27.6. The molecule has 38 heavy (non-hydrogen) atoms. The third-order valence-electron chi connectivity index (χ3n) is 6.48. The molecule has 198 valence electrons. The molecule has 1 aliphatic heterocycles. The van der Waals surface area contributed by atoms with Gasteiger partial charge in [-0.2, -0.15) is 5.26 Å². The van der Waals surface area contributed by atoms with Gasteiger partial charge in [0.25, 0.3) is 11.5 Å². The number of aryl methyl sites for hydroxylation is 1. The molecular formula is C26H27ClN6O5. The Morgan fingerprint density at radius 3 is 2.74 bits per heavy atom. The molecule has 1 saturated heterocycles. The maximum Gasteiger partial charge on any atom is 0.308 e. The van der Waals surface area contributed by atoms with Crippen molar-refractivity contribution in [1.29, 1.82) is 5.26 Å². The third kappa shape index (κ3) is 5.50. The van der Waals surface area contributed by atoms with Crippen molar-refractivity contribution in [3.05, 3.63) is 51.3 Å². The Labute approximate surface area is 223 Å². The smallest absolute Gasteiger partial charge is 0.308 e. The number of fused-ring (bicyclic) bond motifs is 1. The first-order valence-electron chi connectivity index (χ1n) is 11.9. The standard InChI is InChI=1S/C26H27ClN6O5/c1-14-6-17(26(36)37)12-33(11-14)24-16(10-28)8-19(27)23(31-24)30-18-4-5-20-15(7-18)9-21(25(35)32(20)3)38-13-22(34)29-2/h4-5,7-9,14,17H,6,11-13H2,1-3H3,(H,29,34)(H,30,31)(H,36,37)/t14-,17+/m0/s1. The van der Waals surface area contributed by atoms with Crippen molar-refractivity contribution >= 4 is 51.7 Å². The molecule has 0 spiro atoms. The first kappa shape index (κ1) is 26.8. The van der Waals surface area contributed by atoms with Gasteiger partial charge in [0, 0.05) is 38.3 Å². The molecule has 0 radical (unpaired) electrons. The summed E-state index contributed by atoms with van der Waals surface area (Å²) in [5, 5.41) is 25.8. The molecule has 12 heteroatoms. The average Bonchev–Trinajstić information content (AvgIpc) is 2.90. The summed E-state index contributed by atoms with van der Waals surface area (Å²) in [6, 6.07) is 10.5. The maximum atomic E-state index is 12.6. The predicted molar refractivity (Wildman–Crippen MR) is 143 cm³/mol. The van der Waals surface area contributed by atoms with Crippen LogP contribution in [0.4, 0.5) is 17.3 Å². The highest BCUT2D eigenvalue weighted by Gasteiger charge is 2.31. The van der Waals surface area contributed by atoms with Crippen molar-refractivity contribution in [2.75, 3.05) is 37.0 Å². The van der Waals surface area contributed by atoms with E-state index in [2.05, 4.69) is 21.7 Å². The Morgan fingerprint density at radius 1 is 1.29 bits per heavy atom. The van der Waals surface area contributed by atoms with Crippen LogP contribution in [0.15, 0.2) is 35.1 Å². The number of halogens is 1. The fourth-order valence-corrected chi connectivity index (χ4v) is 4.78. The first-order valence-corrected chi connectivity index (χ1v) is 12.3. The molecule has 2 aromatic heterocycles. The summed E-state index contributed by atoms with van der Waals surface area (Å²) in [6.45, 7) is 2.49. The van der Waals surface area contributed by atoms with Crippen LogP contribution in [0.5, 0.6) is 5.75 Å². The van der Waals surface area contributed by atoms with Gasteiger partial charge in [0.1, 0.15) is 11.9 Å². The van der Waals surface area contributed by atoms with E-state index < -0.39 is 11.9 Å². The van der Waals surface area contributed by atoms with Gasteiger partial charge in [0.15, 0.2) is 18.2 Å². The van der Waals surface area contributed by atoms with Crippen molar-refractivity contribution in [3.8, 4) is 11.8 Å². The molecule has 0 aliphatic carbocycles. The molecule has 1 amide bonds. The second kappa shape index (κ2) is 11.0. The van der Waals surface area contributed by atoms with Gasteiger partial charge in [-0.15, -0.1) is 0 Å². The van der Waals surface area contributed by atoms with Gasteiger partial charge in [0.05, 0.1) is 22.0 Å². The van der Waals surface area contributed by atoms with Gasteiger partial charge < -0.3 is 29.9 Å². The number of pyridine rings is 2. The minimum absolute atomic E-state index is 0.0322. The largest absolute Gasteiger partial charge is 0.481 e. The van der Waals surface area contributed by atoms with Crippen LogP contribution >= 0.6 is 11.6 Å². The summed E-state index contributed by atoms with van der Waals surface area (Å²) in [5.74, 6) is -1.00. The zero-order valence-corrected chi connectivity index (χ0v) is 21.9. The predicted octanol–water partition coefficient (Wildman–Crippen LogP) is 2.87. The number of ether oxygens (including phenoxy) is 1. The lowest BCUT2D eigenvalue weighted by molar-refractivity contribution is -0.142. The number of aliphatic carboxylic acids is 1. The van der Waals surface area contributed by atoms with Crippen LogP contribution in [0.1, 0.15) is 18.9 Å². The number of hydrogen-bond acceptors (Lipinski definition) is 8. The van der Waals surface area contributed by atoms with E-state index in [0.29, 0.717) is 41.2 Å². The van der Waals surface area contributed by atoms with Gasteiger partial charge in [0.2, 0.25) is 0 Å². The van der Waals surface area contributed by atoms with Crippen LogP contribution in [-0.4, -0.2) is 53.3 Å². The van der Waals surface area contributed by atoms with Crippen molar-refractivity contribution in [2.45, 2.75) is 13.3 Å². The number of nitriles is 1. The Hall–Kier alpha value is -4.30. The highest BCUT2D eigenvalue weighted by molar-refractivity contribution is 6.33. The lowest BCUT2D eigenvalue weighted by atomic mass is 9.90. The summed E-state index contributed by atoms with van der Waals surface area (Å²) in [4.78, 5) is 42.3. The summed E-state index contributed by atoms with van der Waals surface area (Å²) in [7, 11) is 3.09. The number of nitrogens with zero attached hydrogens (tertiary/aromatic N) is 4. The molecule has 1 aliphatic rings. The number of anilines is 3. The molecule has 0 unspecified atom stereocenters. The number of aromatic nitrogens is 2. The molecule has 4 rings (SSSR count).